The molecule has 1 saturated heterocycles. The van der Waals surface area contributed by atoms with Gasteiger partial charge in [-0.1, -0.05) is 42.5 Å². The summed E-state index contributed by atoms with van der Waals surface area (Å²) in [5.74, 6) is -1.17. The number of nitrogens with zero attached hydrogens (tertiary/aromatic N) is 2. The first-order chi connectivity index (χ1) is 17.6. The highest BCUT2D eigenvalue weighted by molar-refractivity contribution is 7.90. The van der Waals surface area contributed by atoms with Gasteiger partial charge in [0.25, 0.3) is 0 Å². The zero-order valence-electron chi connectivity index (χ0n) is 20.4. The molecule has 4 rings (SSSR count). The third-order valence-electron chi connectivity index (χ3n) is 6.28. The number of hydrogen-bond donors (Lipinski definition) is 2. The number of nitrogen functional groups attached to an aromatic ring is 1. The van der Waals surface area contributed by atoms with Crippen molar-refractivity contribution in [2.45, 2.75) is 17.4 Å². The predicted molar refractivity (Wildman–Crippen MR) is 140 cm³/mol. The Morgan fingerprint density at radius 1 is 0.973 bits per heavy atom. The maximum atomic E-state index is 13.7. The number of carbonyl (C=O) groups excluding carboxylic acids is 2. The van der Waals surface area contributed by atoms with E-state index in [1.54, 1.807) is 53.4 Å². The minimum absolute atomic E-state index is 0.0793. The lowest BCUT2D eigenvalue weighted by molar-refractivity contribution is -0.136. The topological polar surface area (TPSA) is 113 Å². The molecule has 2 amide bonds. The van der Waals surface area contributed by atoms with E-state index in [1.807, 2.05) is 11.0 Å². The van der Waals surface area contributed by atoms with Crippen LogP contribution in [0.4, 0.5) is 15.8 Å². The molecular formula is C27H29FN4O4S. The number of benzene rings is 3. The van der Waals surface area contributed by atoms with Gasteiger partial charge in [0.2, 0.25) is 11.8 Å². The largest absolute Gasteiger partial charge is 0.399 e. The Morgan fingerprint density at radius 2 is 1.62 bits per heavy atom. The van der Waals surface area contributed by atoms with Gasteiger partial charge in [-0.15, -0.1) is 0 Å². The highest BCUT2D eigenvalue weighted by atomic mass is 32.2. The molecular weight excluding hydrogens is 495 g/mol. The van der Waals surface area contributed by atoms with Gasteiger partial charge in [0, 0.05) is 38.1 Å². The minimum atomic E-state index is -3.64. The average Bonchev–Trinajstić information content (AvgIpc) is 2.88. The van der Waals surface area contributed by atoms with E-state index < -0.39 is 21.7 Å². The summed E-state index contributed by atoms with van der Waals surface area (Å²) in [7, 11) is -3.64. The van der Waals surface area contributed by atoms with E-state index in [0.29, 0.717) is 43.1 Å². The second-order valence-corrected chi connectivity index (χ2v) is 11.0. The maximum absolute atomic E-state index is 13.7. The second kappa shape index (κ2) is 11.0. The van der Waals surface area contributed by atoms with E-state index in [2.05, 4.69) is 5.32 Å². The quantitative estimate of drug-likeness (QED) is 0.460. The van der Waals surface area contributed by atoms with Crippen molar-refractivity contribution in [3.8, 4) is 0 Å². The highest BCUT2D eigenvalue weighted by Gasteiger charge is 2.31. The first kappa shape index (κ1) is 26.2. The van der Waals surface area contributed by atoms with Crippen LogP contribution in [-0.2, 0) is 25.8 Å². The Labute approximate surface area is 215 Å². The Morgan fingerprint density at radius 3 is 2.24 bits per heavy atom. The van der Waals surface area contributed by atoms with Crippen LogP contribution in [0.1, 0.15) is 17.2 Å². The maximum Gasteiger partial charge on any atom is 0.249 e. The van der Waals surface area contributed by atoms with E-state index in [4.69, 9.17) is 5.73 Å². The van der Waals surface area contributed by atoms with Crippen LogP contribution in [-0.4, -0.2) is 57.6 Å². The zero-order chi connectivity index (χ0) is 26.6. The van der Waals surface area contributed by atoms with Crippen molar-refractivity contribution in [3.05, 3.63) is 89.7 Å². The van der Waals surface area contributed by atoms with Crippen LogP contribution < -0.4 is 16.0 Å². The van der Waals surface area contributed by atoms with Crippen molar-refractivity contribution >= 4 is 33.0 Å². The molecule has 1 unspecified atom stereocenters. The first-order valence-electron chi connectivity index (χ1n) is 11.8. The molecule has 194 valence electrons. The van der Waals surface area contributed by atoms with Gasteiger partial charge in [-0.2, -0.15) is 0 Å². The number of sulfone groups is 1. The molecule has 1 heterocycles. The summed E-state index contributed by atoms with van der Waals surface area (Å²) in [5, 5.41) is 2.88. The van der Waals surface area contributed by atoms with Crippen LogP contribution in [0.5, 0.6) is 0 Å². The average molecular weight is 525 g/mol. The molecule has 1 atom stereocenters. The van der Waals surface area contributed by atoms with E-state index in [9.17, 15) is 22.4 Å². The van der Waals surface area contributed by atoms with Crippen LogP contribution in [0.2, 0.25) is 0 Å². The van der Waals surface area contributed by atoms with Crippen molar-refractivity contribution in [1.82, 2.24) is 10.2 Å². The third kappa shape index (κ3) is 6.45. The smallest absolute Gasteiger partial charge is 0.249 e. The predicted octanol–water partition coefficient (Wildman–Crippen LogP) is 2.56. The van der Waals surface area contributed by atoms with Crippen LogP contribution in [0.15, 0.2) is 77.7 Å². The molecule has 0 aliphatic carbocycles. The molecule has 0 radical (unpaired) electrons. The number of piperazine rings is 1. The van der Waals surface area contributed by atoms with Crippen LogP contribution in [0.3, 0.4) is 0 Å². The summed E-state index contributed by atoms with van der Waals surface area (Å²) in [5.41, 5.74) is 8.17. The van der Waals surface area contributed by atoms with Gasteiger partial charge in [0.1, 0.15) is 11.9 Å². The number of hydrogen-bond acceptors (Lipinski definition) is 6. The Bertz CT molecular complexity index is 1370. The number of rotatable bonds is 7. The van der Waals surface area contributed by atoms with E-state index in [1.165, 1.54) is 12.1 Å². The lowest BCUT2D eigenvalue weighted by atomic mass is 10.0. The van der Waals surface area contributed by atoms with Gasteiger partial charge >= 0.3 is 0 Å². The number of halogens is 1. The standard InChI is InChI=1S/C27H29FN4O4S/c1-37(35,36)24-18-21(28)9-12-23(24)31-13-15-32(16-14-31)27(34)26(20-5-3-2-4-6-20)30-25(33)17-19-7-10-22(29)11-8-19/h2-12,18,26H,13-17,29H2,1H3,(H,30,33). The fourth-order valence-corrected chi connectivity index (χ4v) is 5.27. The molecule has 3 aromatic rings. The number of nitrogens with one attached hydrogen (secondary N) is 1. The molecule has 0 saturated carbocycles. The zero-order valence-corrected chi connectivity index (χ0v) is 21.2. The van der Waals surface area contributed by atoms with Gasteiger partial charge in [0.15, 0.2) is 9.84 Å². The molecule has 3 N–H and O–H groups in total. The lowest BCUT2D eigenvalue weighted by Gasteiger charge is -2.38. The monoisotopic (exact) mass is 524 g/mol. The number of anilines is 2. The highest BCUT2D eigenvalue weighted by Crippen LogP contribution is 2.28. The molecule has 0 bridgehead atoms. The summed E-state index contributed by atoms with van der Waals surface area (Å²) < 4.78 is 38.2. The molecule has 37 heavy (non-hydrogen) atoms. The van der Waals surface area contributed by atoms with Crippen LogP contribution >= 0.6 is 0 Å². The minimum Gasteiger partial charge on any atom is -0.399 e. The molecule has 8 nitrogen and oxygen atoms in total. The summed E-state index contributed by atoms with van der Waals surface area (Å²) >= 11 is 0. The SMILES string of the molecule is CS(=O)(=O)c1cc(F)ccc1N1CCN(C(=O)C(NC(=O)Cc2ccc(N)cc2)c2ccccc2)CC1. The summed E-state index contributed by atoms with van der Waals surface area (Å²) in [4.78, 5) is 29.8. The van der Waals surface area contributed by atoms with E-state index in [-0.39, 0.29) is 23.1 Å². The first-order valence-corrected chi connectivity index (χ1v) is 13.7. The number of carbonyl (C=O) groups is 2. The Hall–Kier alpha value is -3.92. The Balaban J connectivity index is 1.48. The van der Waals surface area contributed by atoms with E-state index >= 15 is 0 Å². The third-order valence-corrected chi connectivity index (χ3v) is 7.41. The fraction of sp³-hybridized carbons (Fsp3) is 0.259. The van der Waals surface area contributed by atoms with E-state index in [0.717, 1.165) is 17.9 Å². The molecule has 0 aromatic heterocycles. The summed E-state index contributed by atoms with van der Waals surface area (Å²) in [6, 6.07) is 18.8. The molecule has 10 heteroatoms. The molecule has 1 fully saturated rings. The number of amides is 2. The van der Waals surface area contributed by atoms with Gasteiger partial charge in [0.05, 0.1) is 17.0 Å². The summed E-state index contributed by atoms with van der Waals surface area (Å²) in [6.07, 6.45) is 1.14. The van der Waals surface area contributed by atoms with Crippen molar-refractivity contribution in [1.29, 1.82) is 0 Å². The molecule has 1 aliphatic heterocycles. The van der Waals surface area contributed by atoms with Gasteiger partial charge in [-0.25, -0.2) is 12.8 Å². The Kier molecular flexibility index (Phi) is 7.77. The molecule has 0 spiro atoms. The van der Waals surface area contributed by atoms with Crippen molar-refractivity contribution in [3.63, 3.8) is 0 Å². The lowest BCUT2D eigenvalue weighted by Crippen LogP contribution is -2.52. The van der Waals surface area contributed by atoms with Gasteiger partial charge < -0.3 is 20.9 Å². The van der Waals surface area contributed by atoms with Crippen molar-refractivity contribution < 1.29 is 22.4 Å². The van der Waals surface area contributed by atoms with Crippen molar-refractivity contribution in [2.75, 3.05) is 43.1 Å². The van der Waals surface area contributed by atoms with Gasteiger partial charge in [-0.05, 0) is 41.5 Å². The fourth-order valence-electron chi connectivity index (χ4n) is 4.36. The van der Waals surface area contributed by atoms with Crippen LogP contribution in [0.25, 0.3) is 0 Å². The molecule has 1 aliphatic rings. The normalized spacial score (nSPS) is 14.8. The van der Waals surface area contributed by atoms with Crippen molar-refractivity contribution in [2.24, 2.45) is 0 Å². The number of nitrogens with two attached hydrogens (primary N) is 1. The summed E-state index contributed by atoms with van der Waals surface area (Å²) in [6.45, 7) is 1.36. The van der Waals surface area contributed by atoms with Gasteiger partial charge in [-0.3, -0.25) is 9.59 Å². The second-order valence-electron chi connectivity index (χ2n) is 9.03. The molecule has 3 aromatic carbocycles. The van der Waals surface area contributed by atoms with Crippen LogP contribution in [0, 0.1) is 5.82 Å².